The van der Waals surface area contributed by atoms with Gasteiger partial charge in [0.1, 0.15) is 0 Å². The fourth-order valence-corrected chi connectivity index (χ4v) is 3.75. The molecule has 1 aromatic heterocycles. The summed E-state index contributed by atoms with van der Waals surface area (Å²) in [5.74, 6) is 0. The summed E-state index contributed by atoms with van der Waals surface area (Å²) in [5.41, 5.74) is 7.45. The fraction of sp³-hybridized carbons (Fsp3) is 0.375. The summed E-state index contributed by atoms with van der Waals surface area (Å²) in [6, 6.07) is 12.7. The van der Waals surface area contributed by atoms with Crippen LogP contribution < -0.4 is 5.73 Å². The Morgan fingerprint density at radius 2 is 1.85 bits per heavy atom. The first-order valence-electron chi connectivity index (χ1n) is 6.74. The highest BCUT2D eigenvalue weighted by Crippen LogP contribution is 2.29. The lowest BCUT2D eigenvalue weighted by Crippen LogP contribution is -2.36. The third kappa shape index (κ3) is 3.83. The number of hydrogen-bond donors (Lipinski definition) is 1. The number of rotatable bonds is 5. The second-order valence-electron chi connectivity index (χ2n) is 5.29. The van der Waals surface area contributed by atoms with Gasteiger partial charge in [-0.3, -0.25) is 4.90 Å². The van der Waals surface area contributed by atoms with Gasteiger partial charge in [-0.25, -0.2) is 0 Å². The van der Waals surface area contributed by atoms with Gasteiger partial charge in [0, 0.05) is 27.4 Å². The maximum Gasteiger partial charge on any atom is 0.0591 e. The molecule has 0 spiro atoms. The highest BCUT2D eigenvalue weighted by molar-refractivity contribution is 7.12. The van der Waals surface area contributed by atoms with Gasteiger partial charge in [-0.1, -0.05) is 23.7 Å². The molecule has 0 aliphatic carbocycles. The number of aryl methyl sites for hydroxylation is 1. The van der Waals surface area contributed by atoms with Gasteiger partial charge in [-0.2, -0.15) is 0 Å². The normalized spacial score (nSPS) is 14.5. The van der Waals surface area contributed by atoms with Crippen molar-refractivity contribution in [2.45, 2.75) is 32.5 Å². The Kier molecular flexibility index (Phi) is 5.22. The molecule has 0 radical (unpaired) electrons. The summed E-state index contributed by atoms with van der Waals surface area (Å²) in [6.07, 6.45) is 0. The number of likely N-dealkylation sites (N-methyl/N-ethyl adjacent to an activating group) is 1. The van der Waals surface area contributed by atoms with Crippen LogP contribution in [0.15, 0.2) is 36.4 Å². The van der Waals surface area contributed by atoms with Gasteiger partial charge in [-0.05, 0) is 50.7 Å². The van der Waals surface area contributed by atoms with E-state index in [0.717, 1.165) is 11.6 Å². The molecule has 0 fully saturated rings. The molecular formula is C16H21ClN2S. The van der Waals surface area contributed by atoms with Crippen molar-refractivity contribution in [3.05, 3.63) is 56.7 Å². The Balaban J connectivity index is 2.15. The van der Waals surface area contributed by atoms with Crippen molar-refractivity contribution < 1.29 is 0 Å². The summed E-state index contributed by atoms with van der Waals surface area (Å²) in [6.45, 7) is 5.06. The topological polar surface area (TPSA) is 29.3 Å². The Labute approximate surface area is 130 Å². The van der Waals surface area contributed by atoms with E-state index in [9.17, 15) is 0 Å². The zero-order chi connectivity index (χ0) is 14.7. The highest BCUT2D eigenvalue weighted by Gasteiger charge is 2.22. The van der Waals surface area contributed by atoms with Crippen LogP contribution in [0.4, 0.5) is 0 Å². The second kappa shape index (κ2) is 6.72. The summed E-state index contributed by atoms with van der Waals surface area (Å²) in [7, 11) is 2.12. The summed E-state index contributed by atoms with van der Waals surface area (Å²) in [5, 5.41) is 0.772. The number of thiophene rings is 1. The molecule has 0 bridgehead atoms. The molecule has 0 aliphatic rings. The van der Waals surface area contributed by atoms with Crippen molar-refractivity contribution >= 4 is 22.9 Å². The van der Waals surface area contributed by atoms with Crippen LogP contribution in [-0.2, 0) is 6.54 Å². The number of nitrogens with two attached hydrogens (primary N) is 1. The van der Waals surface area contributed by atoms with Crippen LogP contribution in [0.3, 0.4) is 0 Å². The van der Waals surface area contributed by atoms with E-state index in [1.165, 1.54) is 15.3 Å². The van der Waals surface area contributed by atoms with Gasteiger partial charge in [-0.15, -0.1) is 11.3 Å². The molecule has 108 valence electrons. The van der Waals surface area contributed by atoms with Gasteiger partial charge in [0.05, 0.1) is 6.04 Å². The average molecular weight is 309 g/mol. The minimum atomic E-state index is 0.0883. The van der Waals surface area contributed by atoms with E-state index >= 15 is 0 Å². The molecule has 2 unspecified atom stereocenters. The Bertz CT molecular complexity index is 548. The average Bonchev–Trinajstić information content (AvgIpc) is 2.78. The predicted molar refractivity (Wildman–Crippen MR) is 88.4 cm³/mol. The Morgan fingerprint density at radius 3 is 2.35 bits per heavy atom. The lowest BCUT2D eigenvalue weighted by molar-refractivity contribution is 0.214. The van der Waals surface area contributed by atoms with E-state index in [1.807, 2.05) is 23.5 Å². The van der Waals surface area contributed by atoms with Crippen LogP contribution in [0.1, 0.15) is 28.3 Å². The molecule has 4 heteroatoms. The minimum absolute atomic E-state index is 0.0883. The largest absolute Gasteiger partial charge is 0.326 e. The van der Waals surface area contributed by atoms with Crippen LogP contribution in [0, 0.1) is 6.92 Å². The van der Waals surface area contributed by atoms with Crippen molar-refractivity contribution in [2.24, 2.45) is 5.73 Å². The minimum Gasteiger partial charge on any atom is -0.326 e. The summed E-state index contributed by atoms with van der Waals surface area (Å²) >= 11 is 7.75. The smallest absolute Gasteiger partial charge is 0.0591 e. The summed E-state index contributed by atoms with van der Waals surface area (Å²) in [4.78, 5) is 4.96. The van der Waals surface area contributed by atoms with Crippen LogP contribution in [0.5, 0.6) is 0 Å². The lowest BCUT2D eigenvalue weighted by atomic mass is 10.1. The SMILES string of the molecule is Cc1ccc(C(C(C)N)N(C)Cc2ccc(Cl)cc2)s1. The van der Waals surface area contributed by atoms with E-state index < -0.39 is 0 Å². The fourth-order valence-electron chi connectivity index (χ4n) is 2.47. The first-order chi connectivity index (χ1) is 9.47. The molecule has 1 heterocycles. The van der Waals surface area contributed by atoms with Gasteiger partial charge in [0.25, 0.3) is 0 Å². The Hall–Kier alpha value is -0.870. The Morgan fingerprint density at radius 1 is 1.20 bits per heavy atom. The van der Waals surface area contributed by atoms with E-state index in [-0.39, 0.29) is 12.1 Å². The molecule has 2 rings (SSSR count). The third-order valence-electron chi connectivity index (χ3n) is 3.37. The number of hydrogen-bond acceptors (Lipinski definition) is 3. The van der Waals surface area contributed by atoms with Gasteiger partial charge < -0.3 is 5.73 Å². The molecule has 0 saturated carbocycles. The van der Waals surface area contributed by atoms with Crippen molar-refractivity contribution in [1.82, 2.24) is 4.90 Å². The molecular weight excluding hydrogens is 288 g/mol. The van der Waals surface area contributed by atoms with E-state index in [1.54, 1.807) is 0 Å². The first kappa shape index (κ1) is 15.5. The number of benzene rings is 1. The molecule has 0 amide bonds. The molecule has 2 aromatic rings. The van der Waals surface area contributed by atoms with Crippen LogP contribution in [0.2, 0.25) is 5.02 Å². The van der Waals surface area contributed by atoms with Crippen LogP contribution >= 0.6 is 22.9 Å². The molecule has 0 saturated heterocycles. The molecule has 2 atom stereocenters. The second-order valence-corrected chi connectivity index (χ2v) is 7.05. The predicted octanol–water partition coefficient (Wildman–Crippen LogP) is 4.23. The number of halogens is 1. The molecule has 0 aliphatic heterocycles. The van der Waals surface area contributed by atoms with Crippen LogP contribution in [0.25, 0.3) is 0 Å². The molecule has 2 nitrogen and oxygen atoms in total. The first-order valence-corrected chi connectivity index (χ1v) is 7.93. The van der Waals surface area contributed by atoms with E-state index in [4.69, 9.17) is 17.3 Å². The maximum atomic E-state index is 6.20. The van der Waals surface area contributed by atoms with Crippen molar-refractivity contribution in [1.29, 1.82) is 0 Å². The summed E-state index contributed by atoms with van der Waals surface area (Å²) < 4.78 is 0. The molecule has 1 aromatic carbocycles. The van der Waals surface area contributed by atoms with Crippen LogP contribution in [-0.4, -0.2) is 18.0 Å². The van der Waals surface area contributed by atoms with Crippen molar-refractivity contribution in [3.63, 3.8) is 0 Å². The van der Waals surface area contributed by atoms with Crippen molar-refractivity contribution in [3.8, 4) is 0 Å². The lowest BCUT2D eigenvalue weighted by Gasteiger charge is -2.30. The zero-order valence-corrected chi connectivity index (χ0v) is 13.7. The monoisotopic (exact) mass is 308 g/mol. The van der Waals surface area contributed by atoms with E-state index in [2.05, 4.69) is 50.1 Å². The van der Waals surface area contributed by atoms with Gasteiger partial charge in [0.15, 0.2) is 0 Å². The zero-order valence-electron chi connectivity index (χ0n) is 12.1. The van der Waals surface area contributed by atoms with Gasteiger partial charge >= 0.3 is 0 Å². The third-order valence-corrected chi connectivity index (χ3v) is 4.69. The van der Waals surface area contributed by atoms with Crippen molar-refractivity contribution in [2.75, 3.05) is 7.05 Å². The quantitative estimate of drug-likeness (QED) is 0.895. The van der Waals surface area contributed by atoms with Gasteiger partial charge in [0.2, 0.25) is 0 Å². The number of nitrogens with zero attached hydrogens (tertiary/aromatic N) is 1. The standard InChI is InChI=1S/C16H21ClN2S/c1-11-4-9-15(20-11)16(12(2)18)19(3)10-13-5-7-14(17)8-6-13/h4-9,12,16H,10,18H2,1-3H3. The van der Waals surface area contributed by atoms with E-state index in [0.29, 0.717) is 0 Å². The highest BCUT2D eigenvalue weighted by atomic mass is 35.5. The molecule has 20 heavy (non-hydrogen) atoms. The molecule has 2 N–H and O–H groups in total. The maximum absolute atomic E-state index is 6.20.